The predicted octanol–water partition coefficient (Wildman–Crippen LogP) is 2.95. The van der Waals surface area contributed by atoms with E-state index in [9.17, 15) is 4.79 Å². The van der Waals surface area contributed by atoms with Crippen LogP contribution in [0.4, 0.5) is 10.8 Å². The van der Waals surface area contributed by atoms with Crippen LogP contribution in [0.2, 0.25) is 5.02 Å². The second-order valence-corrected chi connectivity index (χ2v) is 5.21. The van der Waals surface area contributed by atoms with Gasteiger partial charge in [-0.1, -0.05) is 22.9 Å². The molecule has 0 aliphatic heterocycles. The Balaban J connectivity index is 2.19. The van der Waals surface area contributed by atoms with Crippen molar-refractivity contribution in [1.82, 2.24) is 4.98 Å². The van der Waals surface area contributed by atoms with Crippen molar-refractivity contribution in [3.63, 3.8) is 0 Å². The Morgan fingerprint density at radius 3 is 2.79 bits per heavy atom. The van der Waals surface area contributed by atoms with Crippen LogP contribution in [0.25, 0.3) is 0 Å². The number of anilines is 2. The molecule has 0 radical (unpaired) electrons. The van der Waals surface area contributed by atoms with E-state index < -0.39 is 0 Å². The topological polar surface area (TPSA) is 77.2 Å². The van der Waals surface area contributed by atoms with E-state index in [-0.39, 0.29) is 5.91 Å². The minimum Gasteiger partial charge on any atom is -0.495 e. The van der Waals surface area contributed by atoms with E-state index in [0.717, 1.165) is 11.3 Å². The lowest BCUT2D eigenvalue weighted by Gasteiger charge is -2.07. The SMILES string of the molecule is COc1ccc(NC(=O)c2sc(N)nc2C)cc1Cl. The van der Waals surface area contributed by atoms with Crippen molar-refractivity contribution in [2.75, 3.05) is 18.2 Å². The zero-order chi connectivity index (χ0) is 14.0. The molecule has 0 fully saturated rings. The molecule has 100 valence electrons. The summed E-state index contributed by atoms with van der Waals surface area (Å²) in [5, 5.41) is 3.54. The number of amides is 1. The van der Waals surface area contributed by atoms with Crippen LogP contribution in [-0.2, 0) is 0 Å². The Morgan fingerprint density at radius 1 is 1.53 bits per heavy atom. The fraction of sp³-hybridized carbons (Fsp3) is 0.167. The molecule has 0 saturated heterocycles. The van der Waals surface area contributed by atoms with Crippen molar-refractivity contribution in [2.45, 2.75) is 6.92 Å². The number of benzene rings is 1. The summed E-state index contributed by atoms with van der Waals surface area (Å²) in [6.07, 6.45) is 0. The van der Waals surface area contributed by atoms with Crippen LogP contribution >= 0.6 is 22.9 Å². The van der Waals surface area contributed by atoms with Crippen LogP contribution in [-0.4, -0.2) is 18.0 Å². The molecule has 0 spiro atoms. The fourth-order valence-corrected chi connectivity index (χ4v) is 2.55. The Kier molecular flexibility index (Phi) is 3.92. The van der Waals surface area contributed by atoms with Gasteiger partial charge in [0.1, 0.15) is 10.6 Å². The highest BCUT2D eigenvalue weighted by atomic mass is 35.5. The number of nitrogen functional groups attached to an aromatic ring is 1. The first-order valence-corrected chi connectivity index (χ1v) is 6.58. The van der Waals surface area contributed by atoms with Gasteiger partial charge in [0.25, 0.3) is 5.91 Å². The van der Waals surface area contributed by atoms with E-state index in [4.69, 9.17) is 22.1 Å². The number of halogens is 1. The number of nitrogens with zero attached hydrogens (tertiary/aromatic N) is 1. The number of nitrogens with two attached hydrogens (primary N) is 1. The third-order valence-electron chi connectivity index (χ3n) is 2.43. The summed E-state index contributed by atoms with van der Waals surface area (Å²) in [6.45, 7) is 1.74. The maximum Gasteiger partial charge on any atom is 0.267 e. The molecule has 0 unspecified atom stereocenters. The van der Waals surface area contributed by atoms with E-state index in [1.165, 1.54) is 7.11 Å². The average Bonchev–Trinajstić information content (AvgIpc) is 2.69. The first-order valence-electron chi connectivity index (χ1n) is 5.39. The number of ether oxygens (including phenoxy) is 1. The highest BCUT2D eigenvalue weighted by Crippen LogP contribution is 2.28. The molecule has 2 aromatic rings. The first-order chi connectivity index (χ1) is 9.01. The highest BCUT2D eigenvalue weighted by molar-refractivity contribution is 7.17. The zero-order valence-electron chi connectivity index (χ0n) is 10.4. The lowest BCUT2D eigenvalue weighted by atomic mass is 10.3. The minimum atomic E-state index is -0.257. The zero-order valence-corrected chi connectivity index (χ0v) is 11.9. The molecule has 1 aromatic heterocycles. The second-order valence-electron chi connectivity index (χ2n) is 3.77. The number of thiazole rings is 1. The lowest BCUT2D eigenvalue weighted by molar-refractivity contribution is 0.103. The quantitative estimate of drug-likeness (QED) is 0.913. The van der Waals surface area contributed by atoms with Crippen molar-refractivity contribution in [1.29, 1.82) is 0 Å². The number of carbonyl (C=O) groups excluding carboxylic acids is 1. The van der Waals surface area contributed by atoms with Crippen molar-refractivity contribution >= 4 is 39.7 Å². The van der Waals surface area contributed by atoms with Gasteiger partial charge in [-0.25, -0.2) is 4.98 Å². The van der Waals surface area contributed by atoms with Gasteiger partial charge in [-0.2, -0.15) is 0 Å². The molecule has 1 aromatic carbocycles. The second kappa shape index (κ2) is 5.46. The van der Waals surface area contributed by atoms with Gasteiger partial charge >= 0.3 is 0 Å². The smallest absolute Gasteiger partial charge is 0.267 e. The van der Waals surface area contributed by atoms with Gasteiger partial charge in [0.15, 0.2) is 5.13 Å². The molecule has 5 nitrogen and oxygen atoms in total. The summed E-state index contributed by atoms with van der Waals surface area (Å²) in [6, 6.07) is 5.02. The number of hydrogen-bond acceptors (Lipinski definition) is 5. The van der Waals surface area contributed by atoms with E-state index in [0.29, 0.717) is 32.2 Å². The van der Waals surface area contributed by atoms with Gasteiger partial charge in [0.05, 0.1) is 17.8 Å². The van der Waals surface area contributed by atoms with Crippen molar-refractivity contribution in [3.05, 3.63) is 33.8 Å². The Morgan fingerprint density at radius 2 is 2.26 bits per heavy atom. The Hall–Kier alpha value is -1.79. The van der Waals surface area contributed by atoms with Gasteiger partial charge in [0, 0.05) is 5.69 Å². The standard InChI is InChI=1S/C12H12ClN3O2S/c1-6-10(19-12(14)15-6)11(17)16-7-3-4-9(18-2)8(13)5-7/h3-5H,1-2H3,(H2,14,15)(H,16,17). The van der Waals surface area contributed by atoms with E-state index in [1.54, 1.807) is 25.1 Å². The minimum absolute atomic E-state index is 0.257. The van der Waals surface area contributed by atoms with Crippen LogP contribution in [0.3, 0.4) is 0 Å². The molecular weight excluding hydrogens is 286 g/mol. The number of nitrogens with one attached hydrogen (secondary N) is 1. The fourth-order valence-electron chi connectivity index (χ4n) is 1.56. The van der Waals surface area contributed by atoms with Gasteiger partial charge in [-0.3, -0.25) is 4.79 Å². The maximum absolute atomic E-state index is 12.0. The maximum atomic E-state index is 12.0. The van der Waals surface area contributed by atoms with Gasteiger partial charge in [-0.15, -0.1) is 0 Å². The van der Waals surface area contributed by atoms with E-state index in [1.807, 2.05) is 0 Å². The molecule has 0 saturated carbocycles. The van der Waals surface area contributed by atoms with Crippen molar-refractivity contribution in [2.24, 2.45) is 0 Å². The number of rotatable bonds is 3. The van der Waals surface area contributed by atoms with Crippen LogP contribution in [0, 0.1) is 6.92 Å². The van der Waals surface area contributed by atoms with Crippen molar-refractivity contribution in [3.8, 4) is 5.75 Å². The molecule has 19 heavy (non-hydrogen) atoms. The largest absolute Gasteiger partial charge is 0.495 e. The molecule has 0 aliphatic carbocycles. The van der Waals surface area contributed by atoms with Crippen LogP contribution < -0.4 is 15.8 Å². The van der Waals surface area contributed by atoms with Crippen molar-refractivity contribution < 1.29 is 9.53 Å². The van der Waals surface area contributed by atoms with Gasteiger partial charge in [-0.05, 0) is 25.1 Å². The highest BCUT2D eigenvalue weighted by Gasteiger charge is 2.14. The number of methoxy groups -OCH3 is 1. The summed E-state index contributed by atoms with van der Waals surface area (Å²) in [5.74, 6) is 0.297. The number of carbonyl (C=O) groups is 1. The summed E-state index contributed by atoms with van der Waals surface area (Å²) < 4.78 is 5.04. The molecular formula is C12H12ClN3O2S. The summed E-state index contributed by atoms with van der Waals surface area (Å²) in [7, 11) is 1.53. The summed E-state index contributed by atoms with van der Waals surface area (Å²) in [4.78, 5) is 16.5. The van der Waals surface area contributed by atoms with Gasteiger partial charge < -0.3 is 15.8 Å². The van der Waals surface area contributed by atoms with Crippen LogP contribution in [0.15, 0.2) is 18.2 Å². The Labute approximate surface area is 119 Å². The van der Waals surface area contributed by atoms with E-state index in [2.05, 4.69) is 10.3 Å². The van der Waals surface area contributed by atoms with Gasteiger partial charge in [0.2, 0.25) is 0 Å². The third-order valence-corrected chi connectivity index (χ3v) is 3.71. The molecule has 7 heteroatoms. The first kappa shape index (κ1) is 13.6. The molecule has 2 rings (SSSR count). The molecule has 0 bridgehead atoms. The molecule has 3 N–H and O–H groups in total. The van der Waals surface area contributed by atoms with Crippen LogP contribution in [0.1, 0.15) is 15.4 Å². The summed E-state index contributed by atoms with van der Waals surface area (Å²) >= 11 is 7.14. The lowest BCUT2D eigenvalue weighted by Crippen LogP contribution is -2.11. The predicted molar refractivity (Wildman–Crippen MR) is 77.2 cm³/mol. The van der Waals surface area contributed by atoms with Crippen LogP contribution in [0.5, 0.6) is 5.75 Å². The molecule has 0 atom stereocenters. The number of aryl methyl sites for hydroxylation is 1. The van der Waals surface area contributed by atoms with E-state index >= 15 is 0 Å². The molecule has 1 heterocycles. The number of aromatic nitrogens is 1. The number of hydrogen-bond donors (Lipinski definition) is 2. The third kappa shape index (κ3) is 2.97. The molecule has 1 amide bonds. The molecule has 0 aliphatic rings. The normalized spacial score (nSPS) is 10.3. The summed E-state index contributed by atoms with van der Waals surface area (Å²) in [5.41, 5.74) is 6.76. The average molecular weight is 298 g/mol. The Bertz CT molecular complexity index is 627. The monoisotopic (exact) mass is 297 g/mol.